The normalized spacial score (nSPS) is 10.2. The Morgan fingerprint density at radius 3 is 2.44 bits per heavy atom. The summed E-state index contributed by atoms with van der Waals surface area (Å²) in [6, 6.07) is 10.8. The van der Waals surface area contributed by atoms with Crippen molar-refractivity contribution in [2.75, 3.05) is 32.7 Å². The highest BCUT2D eigenvalue weighted by Crippen LogP contribution is 2.36. The number of aliphatic hydroxyl groups is 1. The summed E-state index contributed by atoms with van der Waals surface area (Å²) in [6.45, 7) is 0.247. The van der Waals surface area contributed by atoms with Crippen LogP contribution in [0.15, 0.2) is 36.4 Å². The summed E-state index contributed by atoms with van der Waals surface area (Å²) in [5.41, 5.74) is 7.33. The van der Waals surface area contributed by atoms with Crippen LogP contribution in [-0.4, -0.2) is 38.4 Å². The number of aliphatic hydroxyl groups excluding tert-OH is 1. The molecule has 0 spiro atoms. The summed E-state index contributed by atoms with van der Waals surface area (Å²) in [5, 5.41) is 11.9. The molecule has 7 nitrogen and oxygen atoms in total. The molecule has 0 saturated carbocycles. The molecule has 2 rings (SSSR count). The van der Waals surface area contributed by atoms with Crippen molar-refractivity contribution < 1.29 is 19.4 Å². The van der Waals surface area contributed by atoms with E-state index >= 15 is 0 Å². The van der Waals surface area contributed by atoms with Gasteiger partial charge in [-0.2, -0.15) is 0 Å². The molecule has 0 radical (unpaired) electrons. The first-order chi connectivity index (χ1) is 12.1. The van der Waals surface area contributed by atoms with Gasteiger partial charge in [-0.3, -0.25) is 10.2 Å². The number of carbonyl (C=O) groups is 1. The standard InChI is InChI=1S/C17H20IN3O4/c1-24-15-10-13(9-14(18)16(15)25-2)20-12-5-3-11(4-6-12)17(23)21-19-7-8-22/h3-6,9-10,19-20,22H,7-8H2,1-2H3,(H,21,23). The van der Waals surface area contributed by atoms with Gasteiger partial charge in [-0.05, 0) is 52.9 Å². The molecule has 0 bridgehead atoms. The number of halogens is 1. The van der Waals surface area contributed by atoms with E-state index in [0.29, 0.717) is 23.6 Å². The van der Waals surface area contributed by atoms with Gasteiger partial charge in [0.2, 0.25) is 0 Å². The molecule has 2 aromatic carbocycles. The number of ether oxygens (including phenoxy) is 2. The van der Waals surface area contributed by atoms with E-state index in [1.165, 1.54) is 0 Å². The summed E-state index contributed by atoms with van der Waals surface area (Å²) in [7, 11) is 3.20. The van der Waals surface area contributed by atoms with Crippen LogP contribution in [0.1, 0.15) is 10.4 Å². The molecule has 0 unspecified atom stereocenters. The van der Waals surface area contributed by atoms with Crippen LogP contribution in [0.3, 0.4) is 0 Å². The first-order valence-corrected chi connectivity index (χ1v) is 8.59. The molecule has 0 aliphatic heterocycles. The van der Waals surface area contributed by atoms with Gasteiger partial charge in [-0.25, -0.2) is 5.43 Å². The fourth-order valence-corrected chi connectivity index (χ4v) is 2.95. The van der Waals surface area contributed by atoms with E-state index in [1.807, 2.05) is 24.3 Å². The molecule has 0 aromatic heterocycles. The van der Waals surface area contributed by atoms with E-state index in [-0.39, 0.29) is 12.5 Å². The van der Waals surface area contributed by atoms with E-state index in [0.717, 1.165) is 14.9 Å². The topological polar surface area (TPSA) is 91.9 Å². The molecule has 1 amide bonds. The van der Waals surface area contributed by atoms with Crippen LogP contribution in [0.4, 0.5) is 11.4 Å². The van der Waals surface area contributed by atoms with Gasteiger partial charge >= 0.3 is 0 Å². The third kappa shape index (κ3) is 5.21. The predicted molar refractivity (Wildman–Crippen MR) is 105 cm³/mol. The summed E-state index contributed by atoms with van der Waals surface area (Å²) < 4.78 is 11.6. The van der Waals surface area contributed by atoms with Gasteiger partial charge < -0.3 is 19.9 Å². The van der Waals surface area contributed by atoms with Crippen LogP contribution in [0.5, 0.6) is 11.5 Å². The second-order valence-electron chi connectivity index (χ2n) is 5.00. The Morgan fingerprint density at radius 2 is 1.84 bits per heavy atom. The number of anilines is 2. The molecule has 25 heavy (non-hydrogen) atoms. The minimum Gasteiger partial charge on any atom is -0.493 e. The lowest BCUT2D eigenvalue weighted by Gasteiger charge is -2.13. The van der Waals surface area contributed by atoms with Crippen LogP contribution < -0.4 is 25.6 Å². The average molecular weight is 457 g/mol. The van der Waals surface area contributed by atoms with Gasteiger partial charge in [0.15, 0.2) is 11.5 Å². The molecule has 4 N–H and O–H groups in total. The van der Waals surface area contributed by atoms with Crippen molar-refractivity contribution in [3.8, 4) is 11.5 Å². The van der Waals surface area contributed by atoms with Gasteiger partial charge in [0, 0.05) is 29.5 Å². The lowest BCUT2D eigenvalue weighted by Crippen LogP contribution is -2.38. The highest BCUT2D eigenvalue weighted by molar-refractivity contribution is 14.1. The molecular weight excluding hydrogens is 437 g/mol. The molecule has 0 heterocycles. The molecule has 0 aliphatic rings. The summed E-state index contributed by atoms with van der Waals surface area (Å²) in [5.74, 6) is 1.07. The number of carbonyl (C=O) groups excluding carboxylic acids is 1. The quantitative estimate of drug-likeness (QED) is 0.276. The number of nitrogens with one attached hydrogen (secondary N) is 3. The SMILES string of the molecule is COc1cc(Nc2ccc(C(=O)NNCCO)cc2)cc(I)c1OC. The number of hydrogen-bond acceptors (Lipinski definition) is 6. The molecule has 134 valence electrons. The van der Waals surface area contributed by atoms with Crippen molar-refractivity contribution in [2.24, 2.45) is 0 Å². The van der Waals surface area contributed by atoms with Crippen LogP contribution in [-0.2, 0) is 0 Å². The van der Waals surface area contributed by atoms with E-state index in [1.54, 1.807) is 26.4 Å². The van der Waals surface area contributed by atoms with E-state index < -0.39 is 0 Å². The summed E-state index contributed by atoms with van der Waals surface area (Å²) in [6.07, 6.45) is 0. The highest BCUT2D eigenvalue weighted by Gasteiger charge is 2.11. The van der Waals surface area contributed by atoms with E-state index in [2.05, 4.69) is 38.8 Å². The van der Waals surface area contributed by atoms with Crippen LogP contribution in [0.2, 0.25) is 0 Å². The van der Waals surface area contributed by atoms with Crippen LogP contribution >= 0.6 is 22.6 Å². The summed E-state index contributed by atoms with van der Waals surface area (Å²) in [4.78, 5) is 11.9. The fourth-order valence-electron chi connectivity index (χ4n) is 2.13. The zero-order valence-corrected chi connectivity index (χ0v) is 16.1. The Morgan fingerprint density at radius 1 is 1.12 bits per heavy atom. The Bertz CT molecular complexity index is 723. The Labute approximate surface area is 159 Å². The second kappa shape index (κ2) is 9.44. The minimum atomic E-state index is -0.263. The number of rotatable bonds is 8. The predicted octanol–water partition coefficient (Wildman–Crippen LogP) is 2.28. The maximum Gasteiger partial charge on any atom is 0.265 e. The molecule has 0 fully saturated rings. The fraction of sp³-hybridized carbons (Fsp3) is 0.235. The second-order valence-corrected chi connectivity index (χ2v) is 6.16. The van der Waals surface area contributed by atoms with Gasteiger partial charge in [-0.1, -0.05) is 0 Å². The lowest BCUT2D eigenvalue weighted by molar-refractivity contribution is 0.0930. The monoisotopic (exact) mass is 457 g/mol. The van der Waals surface area contributed by atoms with Crippen molar-refractivity contribution in [3.63, 3.8) is 0 Å². The van der Waals surface area contributed by atoms with Crippen molar-refractivity contribution in [3.05, 3.63) is 45.5 Å². The number of hydrogen-bond donors (Lipinski definition) is 4. The zero-order valence-electron chi connectivity index (χ0n) is 13.9. The molecule has 0 aliphatic carbocycles. The number of benzene rings is 2. The number of hydrazine groups is 1. The van der Waals surface area contributed by atoms with Crippen LogP contribution in [0.25, 0.3) is 0 Å². The largest absolute Gasteiger partial charge is 0.493 e. The molecular formula is C17H20IN3O4. The van der Waals surface area contributed by atoms with E-state index in [9.17, 15) is 4.79 Å². The van der Waals surface area contributed by atoms with Gasteiger partial charge in [-0.15, -0.1) is 0 Å². The van der Waals surface area contributed by atoms with Gasteiger partial charge in [0.25, 0.3) is 5.91 Å². The van der Waals surface area contributed by atoms with Crippen molar-refractivity contribution >= 4 is 39.9 Å². The van der Waals surface area contributed by atoms with Crippen molar-refractivity contribution in [1.82, 2.24) is 10.9 Å². The first-order valence-electron chi connectivity index (χ1n) is 7.51. The Hall–Kier alpha value is -2.04. The molecule has 2 aromatic rings. The smallest absolute Gasteiger partial charge is 0.265 e. The molecule has 0 saturated heterocycles. The molecule has 8 heteroatoms. The van der Waals surface area contributed by atoms with Crippen molar-refractivity contribution in [1.29, 1.82) is 0 Å². The average Bonchev–Trinajstić information content (AvgIpc) is 2.62. The Balaban J connectivity index is 2.08. The van der Waals surface area contributed by atoms with Gasteiger partial charge in [0.1, 0.15) is 0 Å². The summed E-state index contributed by atoms with van der Waals surface area (Å²) >= 11 is 2.18. The number of methoxy groups -OCH3 is 2. The molecule has 0 atom stereocenters. The lowest BCUT2D eigenvalue weighted by atomic mass is 10.2. The Kier molecular flexibility index (Phi) is 7.29. The van der Waals surface area contributed by atoms with E-state index in [4.69, 9.17) is 14.6 Å². The third-order valence-electron chi connectivity index (χ3n) is 3.31. The van der Waals surface area contributed by atoms with Gasteiger partial charge in [0.05, 0.1) is 24.4 Å². The van der Waals surface area contributed by atoms with Crippen molar-refractivity contribution in [2.45, 2.75) is 0 Å². The maximum atomic E-state index is 11.9. The maximum absolute atomic E-state index is 11.9. The number of amides is 1. The zero-order chi connectivity index (χ0) is 18.2. The first kappa shape index (κ1) is 19.3. The van der Waals surface area contributed by atoms with Crippen LogP contribution in [0, 0.1) is 3.57 Å². The third-order valence-corrected chi connectivity index (χ3v) is 4.11. The minimum absolute atomic E-state index is 0.0484. The highest BCUT2D eigenvalue weighted by atomic mass is 127.